The molecule has 0 bridgehead atoms. The molecule has 1 aromatic rings. The molecule has 19 heavy (non-hydrogen) atoms. The SMILES string of the molecule is COc1c(C)cc(Br)c(C)c1C(Br)C1C2CCCC21. The predicted octanol–water partition coefficient (Wildman–Crippen LogP) is 5.56. The summed E-state index contributed by atoms with van der Waals surface area (Å²) in [5.74, 6) is 3.78. The summed E-state index contributed by atoms with van der Waals surface area (Å²) in [4.78, 5) is 0.439. The van der Waals surface area contributed by atoms with E-state index in [1.165, 1.54) is 40.4 Å². The molecule has 0 amide bonds. The van der Waals surface area contributed by atoms with Crippen LogP contribution in [0.3, 0.4) is 0 Å². The number of hydrogen-bond acceptors (Lipinski definition) is 1. The molecule has 0 spiro atoms. The molecule has 104 valence electrons. The smallest absolute Gasteiger partial charge is 0.126 e. The molecule has 3 atom stereocenters. The Morgan fingerprint density at radius 3 is 2.47 bits per heavy atom. The number of benzene rings is 1. The van der Waals surface area contributed by atoms with Crippen LogP contribution in [0.15, 0.2) is 10.5 Å². The van der Waals surface area contributed by atoms with Crippen molar-refractivity contribution in [1.29, 1.82) is 0 Å². The molecular weight excluding hydrogens is 368 g/mol. The van der Waals surface area contributed by atoms with E-state index in [9.17, 15) is 0 Å². The second kappa shape index (κ2) is 5.07. The van der Waals surface area contributed by atoms with Crippen LogP contribution in [0, 0.1) is 31.6 Å². The van der Waals surface area contributed by atoms with Gasteiger partial charge in [-0.15, -0.1) is 0 Å². The van der Waals surface area contributed by atoms with Gasteiger partial charge < -0.3 is 4.74 Å². The Labute approximate surface area is 132 Å². The van der Waals surface area contributed by atoms with Gasteiger partial charge in [-0.2, -0.15) is 0 Å². The molecule has 1 aromatic carbocycles. The average Bonchev–Trinajstić information content (AvgIpc) is 2.85. The summed E-state index contributed by atoms with van der Waals surface area (Å²) < 4.78 is 6.87. The van der Waals surface area contributed by atoms with Crippen molar-refractivity contribution in [2.45, 2.75) is 37.9 Å². The summed E-state index contributed by atoms with van der Waals surface area (Å²) in [6.07, 6.45) is 4.27. The number of aryl methyl sites for hydroxylation is 1. The lowest BCUT2D eigenvalue weighted by atomic mass is 9.96. The molecule has 2 aliphatic rings. The van der Waals surface area contributed by atoms with E-state index in [-0.39, 0.29) is 0 Å². The number of halogens is 2. The van der Waals surface area contributed by atoms with Gasteiger partial charge >= 0.3 is 0 Å². The fourth-order valence-corrected chi connectivity index (χ4v) is 5.87. The minimum absolute atomic E-state index is 0.439. The molecule has 0 heterocycles. The van der Waals surface area contributed by atoms with Crippen molar-refractivity contribution in [1.82, 2.24) is 0 Å². The van der Waals surface area contributed by atoms with Crippen molar-refractivity contribution in [2.24, 2.45) is 17.8 Å². The molecular formula is C16H20Br2O. The maximum Gasteiger partial charge on any atom is 0.126 e. The van der Waals surface area contributed by atoms with Crippen molar-refractivity contribution in [2.75, 3.05) is 7.11 Å². The summed E-state index contributed by atoms with van der Waals surface area (Å²) in [7, 11) is 1.78. The summed E-state index contributed by atoms with van der Waals surface area (Å²) in [6, 6.07) is 2.16. The molecule has 0 N–H and O–H groups in total. The van der Waals surface area contributed by atoms with Crippen molar-refractivity contribution in [3.63, 3.8) is 0 Å². The van der Waals surface area contributed by atoms with Crippen LogP contribution >= 0.6 is 31.9 Å². The van der Waals surface area contributed by atoms with Gasteiger partial charge in [0.25, 0.3) is 0 Å². The number of ether oxygens (including phenoxy) is 1. The van der Waals surface area contributed by atoms with E-state index >= 15 is 0 Å². The topological polar surface area (TPSA) is 9.23 Å². The highest BCUT2D eigenvalue weighted by atomic mass is 79.9. The number of hydrogen-bond donors (Lipinski definition) is 0. The van der Waals surface area contributed by atoms with Gasteiger partial charge in [0.2, 0.25) is 0 Å². The molecule has 2 fully saturated rings. The fourth-order valence-electron chi connectivity index (χ4n) is 3.98. The second-order valence-electron chi connectivity index (χ2n) is 5.98. The van der Waals surface area contributed by atoms with Gasteiger partial charge in [-0.25, -0.2) is 0 Å². The van der Waals surface area contributed by atoms with Crippen LogP contribution in [0.25, 0.3) is 0 Å². The number of methoxy groups -OCH3 is 1. The molecule has 3 rings (SSSR count). The monoisotopic (exact) mass is 386 g/mol. The Morgan fingerprint density at radius 2 is 1.89 bits per heavy atom. The lowest BCUT2D eigenvalue weighted by Crippen LogP contribution is -2.05. The highest BCUT2D eigenvalue weighted by Crippen LogP contribution is 2.65. The summed E-state index contributed by atoms with van der Waals surface area (Å²) in [6.45, 7) is 4.31. The third-order valence-corrected chi connectivity index (χ3v) is 6.89. The average molecular weight is 388 g/mol. The molecule has 2 aliphatic carbocycles. The Bertz CT molecular complexity index is 502. The Kier molecular flexibility index (Phi) is 3.72. The van der Waals surface area contributed by atoms with E-state index in [1.807, 2.05) is 0 Å². The fraction of sp³-hybridized carbons (Fsp3) is 0.625. The van der Waals surface area contributed by atoms with Crippen LogP contribution in [0.2, 0.25) is 0 Å². The standard InChI is InChI=1S/C16H20Br2O/c1-8-7-12(17)9(2)13(16(8)19-3)15(18)14-10-5-4-6-11(10)14/h7,10-11,14-15H,4-6H2,1-3H3. The van der Waals surface area contributed by atoms with Crippen LogP contribution in [0.5, 0.6) is 5.75 Å². The summed E-state index contributed by atoms with van der Waals surface area (Å²) in [5.41, 5.74) is 3.88. The van der Waals surface area contributed by atoms with E-state index in [4.69, 9.17) is 4.74 Å². The Hall–Kier alpha value is -0.0200. The van der Waals surface area contributed by atoms with Crippen LogP contribution in [0.1, 0.15) is 40.8 Å². The van der Waals surface area contributed by atoms with Gasteiger partial charge in [-0.1, -0.05) is 38.3 Å². The van der Waals surface area contributed by atoms with E-state index < -0.39 is 0 Å². The third kappa shape index (κ3) is 2.17. The lowest BCUT2D eigenvalue weighted by Gasteiger charge is -2.21. The van der Waals surface area contributed by atoms with Gasteiger partial charge in [0.15, 0.2) is 0 Å². The Morgan fingerprint density at radius 1 is 1.26 bits per heavy atom. The molecule has 3 heteroatoms. The molecule has 2 saturated carbocycles. The van der Waals surface area contributed by atoms with E-state index in [2.05, 4.69) is 51.8 Å². The molecule has 0 saturated heterocycles. The lowest BCUT2D eigenvalue weighted by molar-refractivity contribution is 0.403. The quantitative estimate of drug-likeness (QED) is 0.617. The van der Waals surface area contributed by atoms with Gasteiger partial charge in [0, 0.05) is 14.9 Å². The van der Waals surface area contributed by atoms with E-state index in [0.717, 1.165) is 23.5 Å². The normalized spacial score (nSPS) is 30.1. The molecule has 0 aromatic heterocycles. The zero-order valence-electron chi connectivity index (χ0n) is 11.7. The van der Waals surface area contributed by atoms with Gasteiger partial charge in [-0.05, 0) is 61.6 Å². The van der Waals surface area contributed by atoms with Gasteiger partial charge in [-0.3, -0.25) is 0 Å². The first-order valence-corrected chi connectivity index (χ1v) is 8.74. The number of rotatable bonds is 3. The largest absolute Gasteiger partial charge is 0.496 e. The Balaban J connectivity index is 1.99. The first-order valence-electron chi connectivity index (χ1n) is 7.04. The maximum atomic E-state index is 5.68. The predicted molar refractivity (Wildman–Crippen MR) is 86.2 cm³/mol. The molecule has 0 radical (unpaired) electrons. The van der Waals surface area contributed by atoms with Gasteiger partial charge in [0.1, 0.15) is 5.75 Å². The highest BCUT2D eigenvalue weighted by Gasteiger charge is 2.56. The highest BCUT2D eigenvalue weighted by molar-refractivity contribution is 9.10. The minimum atomic E-state index is 0.439. The number of fused-ring (bicyclic) bond motifs is 1. The number of alkyl halides is 1. The van der Waals surface area contributed by atoms with Crippen molar-refractivity contribution in [3.05, 3.63) is 27.2 Å². The first kappa shape index (κ1) is 13.9. The second-order valence-corrected chi connectivity index (χ2v) is 7.83. The first-order chi connectivity index (χ1) is 9.06. The van der Waals surface area contributed by atoms with Crippen LogP contribution in [0.4, 0.5) is 0 Å². The molecule has 1 nitrogen and oxygen atoms in total. The van der Waals surface area contributed by atoms with Crippen LogP contribution in [-0.4, -0.2) is 7.11 Å². The van der Waals surface area contributed by atoms with E-state index in [0.29, 0.717) is 4.83 Å². The van der Waals surface area contributed by atoms with Crippen LogP contribution < -0.4 is 4.74 Å². The minimum Gasteiger partial charge on any atom is -0.496 e. The molecule has 0 aliphatic heterocycles. The van der Waals surface area contributed by atoms with Crippen molar-refractivity contribution < 1.29 is 4.74 Å². The van der Waals surface area contributed by atoms with Crippen LogP contribution in [-0.2, 0) is 0 Å². The van der Waals surface area contributed by atoms with Gasteiger partial charge in [0.05, 0.1) is 7.11 Å². The summed E-state index contributed by atoms with van der Waals surface area (Å²) in [5, 5.41) is 0. The zero-order chi connectivity index (χ0) is 13.7. The zero-order valence-corrected chi connectivity index (χ0v) is 14.8. The van der Waals surface area contributed by atoms with Crippen molar-refractivity contribution in [3.8, 4) is 5.75 Å². The third-order valence-electron chi connectivity index (χ3n) is 5.00. The maximum absolute atomic E-state index is 5.68. The summed E-state index contributed by atoms with van der Waals surface area (Å²) >= 11 is 7.66. The van der Waals surface area contributed by atoms with Crippen molar-refractivity contribution >= 4 is 31.9 Å². The van der Waals surface area contributed by atoms with E-state index in [1.54, 1.807) is 7.11 Å². The molecule has 3 unspecified atom stereocenters.